The van der Waals surface area contributed by atoms with E-state index in [-0.39, 0.29) is 17.2 Å². The number of carbonyl (C=O) groups is 2. The molecular formula is C17H17NO4S. The molecule has 2 aromatic rings. The van der Waals surface area contributed by atoms with E-state index in [9.17, 15) is 9.59 Å². The van der Waals surface area contributed by atoms with Gasteiger partial charge in [-0.3, -0.25) is 4.79 Å². The second kappa shape index (κ2) is 8.24. The van der Waals surface area contributed by atoms with Gasteiger partial charge in [0.15, 0.2) is 0 Å². The summed E-state index contributed by atoms with van der Waals surface area (Å²) in [6.07, 6.45) is 0. The van der Waals surface area contributed by atoms with Crippen LogP contribution in [0.4, 0.5) is 5.69 Å². The number of hydrogen-bond donors (Lipinski definition) is 1. The first-order valence-electron chi connectivity index (χ1n) is 6.88. The minimum atomic E-state index is -0.532. The Labute approximate surface area is 139 Å². The number of methoxy groups -OCH3 is 2. The summed E-state index contributed by atoms with van der Waals surface area (Å²) in [4.78, 5) is 24.9. The Morgan fingerprint density at radius 3 is 2.48 bits per heavy atom. The van der Waals surface area contributed by atoms with Crippen LogP contribution in [0.25, 0.3) is 0 Å². The first-order chi connectivity index (χ1) is 11.1. The SMILES string of the molecule is COC(=O)c1cc(OC)ccc1NC(=O)CSc1ccccc1. The molecule has 0 heterocycles. The number of ether oxygens (including phenoxy) is 2. The van der Waals surface area contributed by atoms with Gasteiger partial charge in [0, 0.05) is 4.90 Å². The zero-order valence-electron chi connectivity index (χ0n) is 12.9. The van der Waals surface area contributed by atoms with E-state index in [4.69, 9.17) is 9.47 Å². The van der Waals surface area contributed by atoms with Crippen LogP contribution in [0.5, 0.6) is 5.75 Å². The summed E-state index contributed by atoms with van der Waals surface area (Å²) in [5.41, 5.74) is 0.654. The van der Waals surface area contributed by atoms with Crippen molar-refractivity contribution < 1.29 is 19.1 Å². The lowest BCUT2D eigenvalue weighted by Gasteiger charge is -2.11. The van der Waals surface area contributed by atoms with E-state index < -0.39 is 5.97 Å². The molecule has 0 aliphatic carbocycles. The highest BCUT2D eigenvalue weighted by molar-refractivity contribution is 8.00. The molecule has 0 bridgehead atoms. The lowest BCUT2D eigenvalue weighted by Crippen LogP contribution is -2.17. The van der Waals surface area contributed by atoms with Crippen molar-refractivity contribution in [2.24, 2.45) is 0 Å². The zero-order valence-corrected chi connectivity index (χ0v) is 13.7. The third-order valence-corrected chi connectivity index (χ3v) is 4.03. The Bertz CT molecular complexity index is 688. The van der Waals surface area contributed by atoms with Crippen molar-refractivity contribution >= 4 is 29.3 Å². The van der Waals surface area contributed by atoms with Crippen LogP contribution < -0.4 is 10.1 Å². The Morgan fingerprint density at radius 1 is 1.09 bits per heavy atom. The average Bonchev–Trinajstić information content (AvgIpc) is 2.60. The van der Waals surface area contributed by atoms with Crippen molar-refractivity contribution in [1.29, 1.82) is 0 Å². The third kappa shape index (κ3) is 4.75. The number of thioether (sulfide) groups is 1. The van der Waals surface area contributed by atoms with Gasteiger partial charge in [-0.15, -0.1) is 11.8 Å². The summed E-state index contributed by atoms with van der Waals surface area (Å²) in [5.74, 6) is 0.0301. The molecule has 23 heavy (non-hydrogen) atoms. The van der Waals surface area contributed by atoms with Crippen molar-refractivity contribution in [2.45, 2.75) is 4.90 Å². The smallest absolute Gasteiger partial charge is 0.340 e. The maximum absolute atomic E-state index is 12.1. The fourth-order valence-corrected chi connectivity index (χ4v) is 2.61. The van der Waals surface area contributed by atoms with E-state index in [1.165, 1.54) is 32.0 Å². The van der Waals surface area contributed by atoms with Crippen molar-refractivity contribution in [1.82, 2.24) is 0 Å². The first kappa shape index (κ1) is 16.9. The maximum atomic E-state index is 12.1. The largest absolute Gasteiger partial charge is 0.497 e. The van der Waals surface area contributed by atoms with E-state index in [1.807, 2.05) is 30.3 Å². The summed E-state index contributed by atoms with van der Waals surface area (Å²) in [6, 6.07) is 14.5. The van der Waals surface area contributed by atoms with Gasteiger partial charge in [0.25, 0.3) is 0 Å². The monoisotopic (exact) mass is 331 g/mol. The molecule has 0 fully saturated rings. The van der Waals surface area contributed by atoms with Gasteiger partial charge in [0.05, 0.1) is 31.2 Å². The number of hydrogen-bond acceptors (Lipinski definition) is 5. The maximum Gasteiger partial charge on any atom is 0.340 e. The van der Waals surface area contributed by atoms with E-state index in [1.54, 1.807) is 12.1 Å². The van der Waals surface area contributed by atoms with E-state index >= 15 is 0 Å². The number of benzene rings is 2. The Hall–Kier alpha value is -2.47. The fourth-order valence-electron chi connectivity index (χ4n) is 1.89. The Morgan fingerprint density at radius 2 is 1.83 bits per heavy atom. The highest BCUT2D eigenvalue weighted by atomic mass is 32.2. The molecule has 0 saturated carbocycles. The minimum absolute atomic E-state index is 0.200. The predicted octanol–water partition coefficient (Wildman–Crippen LogP) is 3.21. The van der Waals surface area contributed by atoms with Crippen molar-refractivity contribution in [3.05, 3.63) is 54.1 Å². The molecule has 1 amide bonds. The highest BCUT2D eigenvalue weighted by Gasteiger charge is 2.15. The van der Waals surface area contributed by atoms with Crippen LogP contribution in [0.15, 0.2) is 53.4 Å². The average molecular weight is 331 g/mol. The van der Waals surface area contributed by atoms with Crippen molar-refractivity contribution in [2.75, 3.05) is 25.3 Å². The standard InChI is InChI=1S/C17H17NO4S/c1-21-12-8-9-15(14(10-12)17(20)22-2)18-16(19)11-23-13-6-4-3-5-7-13/h3-10H,11H2,1-2H3,(H,18,19). The van der Waals surface area contributed by atoms with Gasteiger partial charge in [-0.1, -0.05) is 18.2 Å². The number of esters is 1. The lowest BCUT2D eigenvalue weighted by atomic mass is 10.1. The summed E-state index contributed by atoms with van der Waals surface area (Å²) in [5, 5.41) is 2.73. The molecule has 0 spiro atoms. The topological polar surface area (TPSA) is 64.6 Å². The first-order valence-corrected chi connectivity index (χ1v) is 7.86. The van der Waals surface area contributed by atoms with Crippen molar-refractivity contribution in [3.63, 3.8) is 0 Å². The summed E-state index contributed by atoms with van der Waals surface area (Å²) >= 11 is 1.42. The molecule has 0 aliphatic heterocycles. The molecule has 0 unspecified atom stereocenters. The molecule has 2 aromatic carbocycles. The van der Waals surface area contributed by atoms with Gasteiger partial charge in [0.1, 0.15) is 5.75 Å². The van der Waals surface area contributed by atoms with Gasteiger partial charge < -0.3 is 14.8 Å². The van der Waals surface area contributed by atoms with Gasteiger partial charge in [-0.2, -0.15) is 0 Å². The fraction of sp³-hybridized carbons (Fsp3) is 0.176. The second-order valence-electron chi connectivity index (χ2n) is 4.55. The molecule has 5 nitrogen and oxygen atoms in total. The van der Waals surface area contributed by atoms with Gasteiger partial charge >= 0.3 is 5.97 Å². The normalized spacial score (nSPS) is 10.0. The number of carbonyl (C=O) groups excluding carboxylic acids is 2. The molecule has 120 valence electrons. The molecular weight excluding hydrogens is 314 g/mol. The molecule has 0 aliphatic rings. The number of rotatable bonds is 6. The molecule has 1 N–H and O–H groups in total. The van der Waals surface area contributed by atoms with Crippen molar-refractivity contribution in [3.8, 4) is 5.75 Å². The van der Waals surface area contributed by atoms with E-state index in [0.29, 0.717) is 11.4 Å². The highest BCUT2D eigenvalue weighted by Crippen LogP contribution is 2.24. The van der Waals surface area contributed by atoms with Gasteiger partial charge in [0.2, 0.25) is 5.91 Å². The molecule has 0 saturated heterocycles. The number of nitrogens with one attached hydrogen (secondary N) is 1. The van der Waals surface area contributed by atoms with Crippen LogP contribution in [0.3, 0.4) is 0 Å². The van der Waals surface area contributed by atoms with E-state index in [0.717, 1.165) is 4.90 Å². The van der Waals surface area contributed by atoms with Gasteiger partial charge in [-0.05, 0) is 30.3 Å². The number of anilines is 1. The summed E-state index contributed by atoms with van der Waals surface area (Å²) in [7, 11) is 2.80. The number of amides is 1. The van der Waals surface area contributed by atoms with Crippen LogP contribution in [0.2, 0.25) is 0 Å². The Kier molecular flexibility index (Phi) is 6.05. The third-order valence-electron chi connectivity index (χ3n) is 3.02. The second-order valence-corrected chi connectivity index (χ2v) is 5.60. The Balaban J connectivity index is 2.06. The lowest BCUT2D eigenvalue weighted by molar-refractivity contribution is -0.113. The quantitative estimate of drug-likeness (QED) is 0.650. The van der Waals surface area contributed by atoms with E-state index in [2.05, 4.69) is 5.32 Å². The zero-order chi connectivity index (χ0) is 16.7. The van der Waals surface area contributed by atoms with Crippen LogP contribution in [0, 0.1) is 0 Å². The van der Waals surface area contributed by atoms with Crippen LogP contribution in [-0.4, -0.2) is 31.8 Å². The minimum Gasteiger partial charge on any atom is -0.497 e. The van der Waals surface area contributed by atoms with Crippen LogP contribution >= 0.6 is 11.8 Å². The summed E-state index contributed by atoms with van der Waals surface area (Å²) < 4.78 is 9.83. The molecule has 6 heteroatoms. The molecule has 0 atom stereocenters. The van der Waals surface area contributed by atoms with Crippen LogP contribution in [0.1, 0.15) is 10.4 Å². The molecule has 0 radical (unpaired) electrons. The van der Waals surface area contributed by atoms with Gasteiger partial charge in [-0.25, -0.2) is 4.79 Å². The molecule has 0 aromatic heterocycles. The molecule has 2 rings (SSSR count). The van der Waals surface area contributed by atoms with Crippen LogP contribution in [-0.2, 0) is 9.53 Å². The predicted molar refractivity (Wildman–Crippen MR) is 90.1 cm³/mol. The summed E-state index contributed by atoms with van der Waals surface area (Å²) in [6.45, 7) is 0.